The third-order valence-electron chi connectivity index (χ3n) is 3.26. The number of nitro benzene ring substituents is 1. The van der Waals surface area contributed by atoms with Crippen molar-refractivity contribution < 1.29 is 14.5 Å². The van der Waals surface area contributed by atoms with Gasteiger partial charge in [-0.15, -0.1) is 0 Å². The molecule has 1 heterocycles. The summed E-state index contributed by atoms with van der Waals surface area (Å²) in [6.45, 7) is 2.33. The Morgan fingerprint density at radius 3 is 2.68 bits per heavy atom. The predicted molar refractivity (Wildman–Crippen MR) is 78.9 cm³/mol. The summed E-state index contributed by atoms with van der Waals surface area (Å²) in [5.74, 6) is -0.873. The van der Waals surface area contributed by atoms with E-state index in [9.17, 15) is 14.9 Å². The molecule has 1 fully saturated rings. The van der Waals surface area contributed by atoms with E-state index in [-0.39, 0.29) is 11.3 Å². The molecule has 0 saturated carbocycles. The minimum absolute atomic E-state index is 0.120. The van der Waals surface area contributed by atoms with Gasteiger partial charge in [0.2, 0.25) is 0 Å². The SMILES string of the molecule is N#C/C(=C\c1cc([N+](=O)[O-])ccc1N1CCOCC1)C(N)=O. The molecule has 2 rings (SSSR count). The van der Waals surface area contributed by atoms with Crippen LogP contribution in [0.25, 0.3) is 6.08 Å². The molecule has 1 aliphatic rings. The van der Waals surface area contributed by atoms with Crippen LogP contribution in [0.1, 0.15) is 5.56 Å². The Kier molecular flexibility index (Phi) is 4.70. The first-order chi connectivity index (χ1) is 10.5. The van der Waals surface area contributed by atoms with Crippen molar-refractivity contribution in [3.8, 4) is 6.07 Å². The predicted octanol–water partition coefficient (Wildman–Crippen LogP) is 0.824. The van der Waals surface area contributed by atoms with E-state index in [0.717, 1.165) is 0 Å². The number of primary amides is 1. The molecule has 1 saturated heterocycles. The summed E-state index contributed by atoms with van der Waals surface area (Å²) in [4.78, 5) is 23.6. The van der Waals surface area contributed by atoms with Crippen molar-refractivity contribution in [3.63, 3.8) is 0 Å². The molecule has 8 heteroatoms. The van der Waals surface area contributed by atoms with Crippen molar-refractivity contribution in [2.45, 2.75) is 0 Å². The van der Waals surface area contributed by atoms with E-state index >= 15 is 0 Å². The number of carbonyl (C=O) groups excluding carboxylic acids is 1. The number of nitro groups is 1. The summed E-state index contributed by atoms with van der Waals surface area (Å²) in [6, 6.07) is 6.02. The molecule has 2 N–H and O–H groups in total. The first-order valence-corrected chi connectivity index (χ1v) is 6.55. The molecule has 0 spiro atoms. The zero-order valence-electron chi connectivity index (χ0n) is 11.7. The molecule has 1 aliphatic heterocycles. The molecular formula is C14H14N4O4. The second-order valence-corrected chi connectivity index (χ2v) is 4.63. The fourth-order valence-electron chi connectivity index (χ4n) is 2.18. The van der Waals surface area contributed by atoms with Crippen LogP contribution in [-0.2, 0) is 9.53 Å². The first-order valence-electron chi connectivity index (χ1n) is 6.55. The number of hydrogen-bond donors (Lipinski definition) is 1. The lowest BCUT2D eigenvalue weighted by molar-refractivity contribution is -0.384. The largest absolute Gasteiger partial charge is 0.378 e. The summed E-state index contributed by atoms with van der Waals surface area (Å²) in [5, 5.41) is 19.9. The second kappa shape index (κ2) is 6.69. The zero-order chi connectivity index (χ0) is 16.1. The Morgan fingerprint density at radius 2 is 2.14 bits per heavy atom. The number of non-ortho nitro benzene ring substituents is 1. The maximum Gasteiger partial charge on any atom is 0.270 e. The molecule has 1 aromatic rings. The van der Waals surface area contributed by atoms with Crippen molar-refractivity contribution >= 4 is 23.4 Å². The molecule has 0 unspecified atom stereocenters. The van der Waals surface area contributed by atoms with Crippen molar-refractivity contribution in [3.05, 3.63) is 39.4 Å². The Labute approximate surface area is 126 Å². The van der Waals surface area contributed by atoms with Gasteiger partial charge in [-0.1, -0.05) is 0 Å². The molecule has 22 heavy (non-hydrogen) atoms. The van der Waals surface area contributed by atoms with E-state index in [0.29, 0.717) is 37.6 Å². The molecule has 1 amide bonds. The van der Waals surface area contributed by atoms with Gasteiger partial charge in [-0.3, -0.25) is 14.9 Å². The summed E-state index contributed by atoms with van der Waals surface area (Å²) < 4.78 is 5.27. The summed E-state index contributed by atoms with van der Waals surface area (Å²) in [7, 11) is 0. The Bertz CT molecular complexity index is 672. The summed E-state index contributed by atoms with van der Waals surface area (Å²) in [6.07, 6.45) is 1.28. The van der Waals surface area contributed by atoms with Crippen LogP contribution in [0.4, 0.5) is 11.4 Å². The lowest BCUT2D eigenvalue weighted by atomic mass is 10.1. The number of ether oxygens (including phenoxy) is 1. The smallest absolute Gasteiger partial charge is 0.270 e. The molecule has 8 nitrogen and oxygen atoms in total. The number of anilines is 1. The van der Waals surface area contributed by atoms with Crippen LogP contribution in [0.15, 0.2) is 23.8 Å². The minimum atomic E-state index is -0.873. The highest BCUT2D eigenvalue weighted by atomic mass is 16.6. The van der Waals surface area contributed by atoms with Gasteiger partial charge in [0.05, 0.1) is 18.1 Å². The number of nitriles is 1. The molecule has 0 radical (unpaired) electrons. The Morgan fingerprint density at radius 1 is 1.45 bits per heavy atom. The minimum Gasteiger partial charge on any atom is -0.378 e. The lowest BCUT2D eigenvalue weighted by Gasteiger charge is -2.30. The number of rotatable bonds is 4. The van der Waals surface area contributed by atoms with Crippen LogP contribution < -0.4 is 10.6 Å². The third-order valence-corrected chi connectivity index (χ3v) is 3.26. The van der Waals surface area contributed by atoms with Gasteiger partial charge in [0.15, 0.2) is 0 Å². The molecule has 0 atom stereocenters. The van der Waals surface area contributed by atoms with Crippen LogP contribution in [-0.4, -0.2) is 37.1 Å². The van der Waals surface area contributed by atoms with E-state index in [2.05, 4.69) is 0 Å². The number of amides is 1. The van der Waals surface area contributed by atoms with Crippen LogP contribution >= 0.6 is 0 Å². The van der Waals surface area contributed by atoms with E-state index < -0.39 is 10.8 Å². The van der Waals surface area contributed by atoms with Crippen LogP contribution in [0.5, 0.6) is 0 Å². The normalized spacial score (nSPS) is 15.2. The quantitative estimate of drug-likeness (QED) is 0.380. The van der Waals surface area contributed by atoms with Gasteiger partial charge in [-0.2, -0.15) is 5.26 Å². The number of carbonyl (C=O) groups is 1. The average Bonchev–Trinajstić information content (AvgIpc) is 2.52. The highest BCUT2D eigenvalue weighted by molar-refractivity contribution is 6.01. The number of nitrogens with zero attached hydrogens (tertiary/aromatic N) is 3. The Hall–Kier alpha value is -2.92. The van der Waals surface area contributed by atoms with Gasteiger partial charge in [0, 0.05) is 36.5 Å². The summed E-state index contributed by atoms with van der Waals surface area (Å²) in [5.41, 5.74) is 5.86. The molecular weight excluding hydrogens is 288 g/mol. The van der Waals surface area contributed by atoms with Crippen molar-refractivity contribution in [2.75, 3.05) is 31.2 Å². The topological polar surface area (TPSA) is 122 Å². The molecule has 114 valence electrons. The molecule has 0 aromatic heterocycles. The van der Waals surface area contributed by atoms with E-state index in [1.54, 1.807) is 12.1 Å². The van der Waals surface area contributed by atoms with Gasteiger partial charge in [-0.25, -0.2) is 0 Å². The monoisotopic (exact) mass is 302 g/mol. The van der Waals surface area contributed by atoms with Gasteiger partial charge in [0.1, 0.15) is 11.6 Å². The standard InChI is InChI=1S/C14H14N4O4/c15-9-11(14(16)19)7-10-8-12(18(20)21)1-2-13(10)17-3-5-22-6-4-17/h1-2,7-8H,3-6H2,(H2,16,19)/b11-7+. The fraction of sp³-hybridized carbons (Fsp3) is 0.286. The second-order valence-electron chi connectivity index (χ2n) is 4.63. The molecule has 0 bridgehead atoms. The van der Waals surface area contributed by atoms with Gasteiger partial charge in [0.25, 0.3) is 11.6 Å². The molecule has 1 aromatic carbocycles. The summed E-state index contributed by atoms with van der Waals surface area (Å²) >= 11 is 0. The number of benzene rings is 1. The van der Waals surface area contributed by atoms with Crippen LogP contribution in [0.3, 0.4) is 0 Å². The number of hydrogen-bond acceptors (Lipinski definition) is 6. The fourth-order valence-corrected chi connectivity index (χ4v) is 2.18. The van der Waals surface area contributed by atoms with Crippen LogP contribution in [0.2, 0.25) is 0 Å². The highest BCUT2D eigenvalue weighted by Gasteiger charge is 2.18. The number of nitrogens with two attached hydrogens (primary N) is 1. The highest BCUT2D eigenvalue weighted by Crippen LogP contribution is 2.28. The lowest BCUT2D eigenvalue weighted by Crippen LogP contribution is -2.36. The van der Waals surface area contributed by atoms with E-state index in [1.807, 2.05) is 4.90 Å². The molecule has 0 aliphatic carbocycles. The first kappa shape index (κ1) is 15.5. The van der Waals surface area contributed by atoms with Crippen molar-refractivity contribution in [1.29, 1.82) is 5.26 Å². The van der Waals surface area contributed by atoms with Gasteiger partial charge in [-0.05, 0) is 12.1 Å². The number of morpholine rings is 1. The third kappa shape index (κ3) is 3.39. The van der Waals surface area contributed by atoms with Crippen molar-refractivity contribution in [2.24, 2.45) is 5.73 Å². The maximum absolute atomic E-state index is 11.2. The maximum atomic E-state index is 11.2. The van der Waals surface area contributed by atoms with Gasteiger partial charge >= 0.3 is 0 Å². The average molecular weight is 302 g/mol. The van der Waals surface area contributed by atoms with E-state index in [1.165, 1.54) is 18.2 Å². The van der Waals surface area contributed by atoms with Gasteiger partial charge < -0.3 is 15.4 Å². The zero-order valence-corrected chi connectivity index (χ0v) is 11.7. The van der Waals surface area contributed by atoms with E-state index in [4.69, 9.17) is 15.7 Å². The van der Waals surface area contributed by atoms with Crippen molar-refractivity contribution in [1.82, 2.24) is 0 Å². The van der Waals surface area contributed by atoms with Crippen LogP contribution in [0, 0.1) is 21.4 Å². The Balaban J connectivity index is 2.51.